The van der Waals surface area contributed by atoms with E-state index in [0.29, 0.717) is 0 Å². The third-order valence-corrected chi connectivity index (χ3v) is 9.51. The molecule has 6 nitrogen and oxygen atoms in total. The van der Waals surface area contributed by atoms with E-state index in [-0.39, 0.29) is 0 Å². The van der Waals surface area contributed by atoms with Crippen molar-refractivity contribution >= 4 is 33.1 Å². The number of rotatable bonds is 6. The van der Waals surface area contributed by atoms with E-state index in [9.17, 15) is 0 Å². The predicted molar refractivity (Wildman–Crippen MR) is 205 cm³/mol. The Morgan fingerprint density at radius 1 is 0.431 bits per heavy atom. The van der Waals surface area contributed by atoms with Crippen molar-refractivity contribution in [1.29, 1.82) is 0 Å². The van der Waals surface area contributed by atoms with Crippen molar-refractivity contribution in [3.8, 4) is 51.2 Å². The van der Waals surface area contributed by atoms with Crippen LogP contribution in [0.4, 0.5) is 0 Å². The van der Waals surface area contributed by atoms with Crippen LogP contribution in [0.15, 0.2) is 182 Å². The summed E-state index contributed by atoms with van der Waals surface area (Å²) in [6.07, 6.45) is 0. The molecular formula is C45H31N6+. The Morgan fingerprint density at radius 2 is 0.882 bits per heavy atom. The Balaban J connectivity index is 1.31. The lowest BCUT2D eigenvalue weighted by Crippen LogP contribution is -2.31. The van der Waals surface area contributed by atoms with Gasteiger partial charge in [-0.2, -0.15) is 4.57 Å². The van der Waals surface area contributed by atoms with Crippen molar-refractivity contribution in [2.24, 2.45) is 0 Å². The highest BCUT2D eigenvalue weighted by molar-refractivity contribution is 5.88. The van der Waals surface area contributed by atoms with Crippen molar-refractivity contribution in [3.63, 3.8) is 0 Å². The maximum atomic E-state index is 5.29. The number of imidazole rings is 3. The maximum Gasteiger partial charge on any atom is 0.292 e. The lowest BCUT2D eigenvalue weighted by molar-refractivity contribution is -0.554. The zero-order valence-electron chi connectivity index (χ0n) is 27.6. The van der Waals surface area contributed by atoms with Crippen molar-refractivity contribution in [1.82, 2.24) is 24.1 Å². The summed E-state index contributed by atoms with van der Waals surface area (Å²) >= 11 is 0. The summed E-state index contributed by atoms with van der Waals surface area (Å²) in [5.41, 5.74) is 12.3. The number of hydrogen-bond donors (Lipinski definition) is 1. The van der Waals surface area contributed by atoms with Gasteiger partial charge in [0, 0.05) is 22.5 Å². The number of fused-ring (bicyclic) bond motifs is 3. The molecule has 240 valence electrons. The van der Waals surface area contributed by atoms with E-state index in [1.165, 1.54) is 0 Å². The topological polar surface area (TPSA) is 55.3 Å². The van der Waals surface area contributed by atoms with E-state index < -0.39 is 0 Å². The van der Waals surface area contributed by atoms with Crippen molar-refractivity contribution in [2.75, 3.05) is 0 Å². The Morgan fingerprint density at radius 3 is 1.45 bits per heavy atom. The minimum atomic E-state index is 0.857. The number of aromatic amines is 1. The standard InChI is InChI=1S/C45H30N6/c1-4-16-34(17-5-1)49-40-25-13-10-22-37(40)46-43(49)31-28-32(44-47-38-23-11-14-26-41(38)50(44)35-18-6-2-7-19-35)30-33(29-31)45-48-39-24-12-15-27-42(39)51(45)36-20-8-3-9-21-36/h1-30H/p+1. The second-order valence-corrected chi connectivity index (χ2v) is 12.7. The van der Waals surface area contributed by atoms with E-state index in [0.717, 1.165) is 84.3 Å². The molecule has 0 radical (unpaired) electrons. The molecule has 0 bridgehead atoms. The summed E-state index contributed by atoms with van der Waals surface area (Å²) in [6.45, 7) is 0. The van der Waals surface area contributed by atoms with Gasteiger partial charge >= 0.3 is 0 Å². The van der Waals surface area contributed by atoms with Crippen molar-refractivity contribution in [3.05, 3.63) is 182 Å². The summed E-state index contributed by atoms with van der Waals surface area (Å²) in [7, 11) is 0. The average Bonchev–Trinajstić information content (AvgIpc) is 3.91. The first-order chi connectivity index (χ1) is 25.3. The lowest BCUT2D eigenvalue weighted by Gasteiger charge is -2.14. The first-order valence-electron chi connectivity index (χ1n) is 17.1. The Kier molecular flexibility index (Phi) is 6.70. The normalized spacial score (nSPS) is 11.5. The van der Waals surface area contributed by atoms with Crippen molar-refractivity contribution in [2.45, 2.75) is 0 Å². The first kappa shape index (κ1) is 28.9. The van der Waals surface area contributed by atoms with Crippen LogP contribution in [0.1, 0.15) is 0 Å². The van der Waals surface area contributed by atoms with Gasteiger partial charge in [0.05, 0.1) is 27.6 Å². The van der Waals surface area contributed by atoms with Crippen LogP contribution in [-0.2, 0) is 0 Å². The minimum Gasteiger partial charge on any atom is -0.292 e. The van der Waals surface area contributed by atoms with Crippen LogP contribution >= 0.6 is 0 Å². The van der Waals surface area contributed by atoms with Crippen molar-refractivity contribution < 1.29 is 4.57 Å². The SMILES string of the molecule is c1ccc(-n2c(-c3cc(-c4nc5ccccc5n4-c4ccccc4)cc(-c4[nH]c5ccccc5[n+]4-c4ccccc4)c3)nc3ccccc32)cc1. The Bertz CT molecular complexity index is 2520. The van der Waals surface area contributed by atoms with Gasteiger partial charge in [-0.05, 0) is 91.0 Å². The van der Waals surface area contributed by atoms with Crippen LogP contribution in [0.2, 0.25) is 0 Å². The molecule has 3 aromatic heterocycles. The van der Waals surface area contributed by atoms with E-state index in [2.05, 4.69) is 176 Å². The fourth-order valence-electron chi connectivity index (χ4n) is 7.26. The third-order valence-electron chi connectivity index (χ3n) is 9.51. The number of H-pyrrole nitrogens is 1. The maximum absolute atomic E-state index is 5.29. The molecule has 0 atom stereocenters. The van der Waals surface area contributed by atoms with Crippen LogP contribution in [0.5, 0.6) is 0 Å². The summed E-state index contributed by atoms with van der Waals surface area (Å²) < 4.78 is 6.82. The minimum absolute atomic E-state index is 0.857. The van der Waals surface area contributed by atoms with E-state index in [1.807, 2.05) is 24.3 Å². The van der Waals surface area contributed by atoms with Crippen LogP contribution in [-0.4, -0.2) is 24.1 Å². The average molecular weight is 656 g/mol. The number of nitrogens with zero attached hydrogens (tertiary/aromatic N) is 5. The molecule has 0 aliphatic heterocycles. The van der Waals surface area contributed by atoms with Gasteiger partial charge in [0.1, 0.15) is 17.3 Å². The molecule has 10 aromatic rings. The third kappa shape index (κ3) is 4.84. The largest absolute Gasteiger partial charge is 0.292 e. The Hall–Kier alpha value is -7.05. The highest BCUT2D eigenvalue weighted by atomic mass is 15.1. The van der Waals surface area contributed by atoms with Gasteiger partial charge in [0.15, 0.2) is 11.0 Å². The zero-order chi connectivity index (χ0) is 33.7. The van der Waals surface area contributed by atoms with Crippen LogP contribution in [0, 0.1) is 0 Å². The lowest BCUT2D eigenvalue weighted by atomic mass is 10.0. The number of para-hydroxylation sites is 9. The molecule has 10 rings (SSSR count). The van der Waals surface area contributed by atoms with Gasteiger partial charge in [0.25, 0.3) is 5.82 Å². The van der Waals surface area contributed by atoms with Crippen LogP contribution in [0.25, 0.3) is 84.3 Å². The predicted octanol–water partition coefficient (Wildman–Crippen LogP) is 10.1. The fraction of sp³-hybridized carbons (Fsp3) is 0. The van der Waals surface area contributed by atoms with Crippen LogP contribution < -0.4 is 4.57 Å². The quantitative estimate of drug-likeness (QED) is 0.181. The molecule has 3 heterocycles. The monoisotopic (exact) mass is 655 g/mol. The van der Waals surface area contributed by atoms with E-state index in [1.54, 1.807) is 0 Å². The molecule has 0 spiro atoms. The van der Waals surface area contributed by atoms with Crippen LogP contribution in [0.3, 0.4) is 0 Å². The van der Waals surface area contributed by atoms with Gasteiger partial charge in [0.2, 0.25) is 0 Å². The molecule has 0 aliphatic rings. The number of nitrogens with one attached hydrogen (secondary N) is 1. The second-order valence-electron chi connectivity index (χ2n) is 12.7. The molecule has 0 saturated carbocycles. The molecule has 0 unspecified atom stereocenters. The molecule has 6 heteroatoms. The Labute approximate surface area is 294 Å². The van der Waals surface area contributed by atoms with E-state index >= 15 is 0 Å². The van der Waals surface area contributed by atoms with Gasteiger partial charge in [-0.3, -0.25) is 9.13 Å². The number of benzene rings is 7. The summed E-state index contributed by atoms with van der Waals surface area (Å²) in [5.74, 6) is 2.68. The van der Waals surface area contributed by atoms with Gasteiger partial charge < -0.3 is 0 Å². The van der Waals surface area contributed by atoms with Gasteiger partial charge in [-0.1, -0.05) is 91.0 Å². The summed E-state index contributed by atoms with van der Waals surface area (Å²) in [5, 5.41) is 0. The summed E-state index contributed by atoms with van der Waals surface area (Å²) in [6, 6.07) is 63.4. The molecular weight excluding hydrogens is 625 g/mol. The second kappa shape index (κ2) is 11.8. The smallest absolute Gasteiger partial charge is 0.292 e. The molecule has 51 heavy (non-hydrogen) atoms. The summed E-state index contributed by atoms with van der Waals surface area (Å²) in [4.78, 5) is 14.4. The number of aromatic nitrogens is 6. The molecule has 7 aromatic carbocycles. The molecule has 0 amide bonds. The van der Waals surface area contributed by atoms with Gasteiger partial charge in [-0.15, -0.1) is 0 Å². The first-order valence-corrected chi connectivity index (χ1v) is 17.1. The molecule has 1 N–H and O–H groups in total. The molecule has 0 fully saturated rings. The van der Waals surface area contributed by atoms with Gasteiger partial charge in [-0.25, -0.2) is 15.0 Å². The highest BCUT2D eigenvalue weighted by Gasteiger charge is 2.26. The number of hydrogen-bond acceptors (Lipinski definition) is 2. The highest BCUT2D eigenvalue weighted by Crippen LogP contribution is 2.37. The van der Waals surface area contributed by atoms with E-state index in [4.69, 9.17) is 9.97 Å². The molecule has 0 aliphatic carbocycles. The fourth-order valence-corrected chi connectivity index (χ4v) is 7.26. The molecule has 0 saturated heterocycles. The zero-order valence-corrected chi connectivity index (χ0v) is 27.6.